The van der Waals surface area contributed by atoms with Crippen LogP contribution in [0.5, 0.6) is 0 Å². The van der Waals surface area contributed by atoms with Crippen LogP contribution in [0.2, 0.25) is 0 Å². The molecule has 1 aromatic carbocycles. The van der Waals surface area contributed by atoms with Crippen LogP contribution in [-0.2, 0) is 11.3 Å². The lowest BCUT2D eigenvalue weighted by Crippen LogP contribution is -2.54. The molecule has 29 heavy (non-hydrogen) atoms. The lowest BCUT2D eigenvalue weighted by atomic mass is 10.00. The molecule has 0 saturated carbocycles. The molecule has 9 heteroatoms. The topological polar surface area (TPSA) is 85.1 Å². The number of nitrogens with zero attached hydrogens (tertiary/aromatic N) is 3. The third-order valence-electron chi connectivity index (χ3n) is 5.28. The van der Waals surface area contributed by atoms with Gasteiger partial charge in [0, 0.05) is 12.4 Å². The van der Waals surface area contributed by atoms with Gasteiger partial charge in [-0.2, -0.15) is 5.10 Å². The van der Waals surface area contributed by atoms with Gasteiger partial charge < -0.3 is 19.6 Å². The SMILES string of the molecule is O=C(CSC1=NNC2C3CC(c4ccccc4)NN3C=CN12)NCc1ccco1. The Hall–Kier alpha value is -2.91. The van der Waals surface area contributed by atoms with Crippen molar-refractivity contribution in [1.29, 1.82) is 0 Å². The molecule has 3 aliphatic rings. The van der Waals surface area contributed by atoms with E-state index in [0.717, 1.165) is 17.3 Å². The number of amides is 1. The lowest BCUT2D eigenvalue weighted by Gasteiger charge is -2.36. The smallest absolute Gasteiger partial charge is 0.230 e. The van der Waals surface area contributed by atoms with Crippen LogP contribution in [-0.4, -0.2) is 38.9 Å². The summed E-state index contributed by atoms with van der Waals surface area (Å²) in [6.45, 7) is 0.396. The van der Waals surface area contributed by atoms with Crippen LogP contribution in [0.3, 0.4) is 0 Å². The van der Waals surface area contributed by atoms with Gasteiger partial charge in [0.15, 0.2) is 5.17 Å². The Bertz CT molecular complexity index is 916. The minimum atomic E-state index is -0.0492. The highest BCUT2D eigenvalue weighted by Crippen LogP contribution is 2.34. The first-order chi connectivity index (χ1) is 14.3. The standard InChI is InChI=1S/C20H22N6O2S/c27-18(21-12-15-7-4-10-28-15)13-29-20-23-22-19-17-11-16(14-5-2-1-3-6-14)24-26(17)9-8-25(19)20/h1-10,16-17,19,22,24H,11-13H2,(H,21,27). The Morgan fingerprint density at radius 3 is 2.97 bits per heavy atom. The second-order valence-corrected chi connectivity index (χ2v) is 8.06. The maximum atomic E-state index is 12.1. The summed E-state index contributed by atoms with van der Waals surface area (Å²) in [5.41, 5.74) is 8.09. The van der Waals surface area contributed by atoms with E-state index in [9.17, 15) is 4.79 Å². The Morgan fingerprint density at radius 1 is 1.24 bits per heavy atom. The van der Waals surface area contributed by atoms with Gasteiger partial charge in [0.2, 0.25) is 5.91 Å². The largest absolute Gasteiger partial charge is 0.467 e. The third-order valence-corrected chi connectivity index (χ3v) is 6.25. The quantitative estimate of drug-likeness (QED) is 0.695. The molecule has 0 spiro atoms. The molecule has 3 aliphatic heterocycles. The monoisotopic (exact) mass is 410 g/mol. The molecule has 150 valence electrons. The number of thioether (sulfide) groups is 1. The highest BCUT2D eigenvalue weighted by molar-refractivity contribution is 8.14. The normalized spacial score (nSPS) is 24.7. The minimum Gasteiger partial charge on any atom is -0.467 e. The Kier molecular flexibility index (Phi) is 4.91. The number of amidine groups is 1. The van der Waals surface area contributed by atoms with Crippen LogP contribution in [0.1, 0.15) is 23.8 Å². The number of nitrogens with one attached hydrogen (secondary N) is 3. The van der Waals surface area contributed by atoms with E-state index in [4.69, 9.17) is 4.42 Å². The summed E-state index contributed by atoms with van der Waals surface area (Å²) in [7, 11) is 0. The summed E-state index contributed by atoms with van der Waals surface area (Å²) in [5, 5.41) is 10.3. The predicted octanol–water partition coefficient (Wildman–Crippen LogP) is 1.94. The highest BCUT2D eigenvalue weighted by Gasteiger charge is 2.44. The molecule has 2 aromatic rings. The fourth-order valence-corrected chi connectivity index (χ4v) is 4.64. The van der Waals surface area contributed by atoms with Crippen LogP contribution in [0, 0.1) is 0 Å². The molecule has 3 unspecified atom stereocenters. The average Bonchev–Trinajstić information content (AvgIpc) is 3.50. The van der Waals surface area contributed by atoms with E-state index in [2.05, 4.69) is 55.4 Å². The van der Waals surface area contributed by atoms with Gasteiger partial charge in [-0.3, -0.25) is 10.2 Å². The molecule has 0 bridgehead atoms. The van der Waals surface area contributed by atoms with Crippen LogP contribution in [0.4, 0.5) is 0 Å². The van der Waals surface area contributed by atoms with Gasteiger partial charge in [0.1, 0.15) is 11.9 Å². The maximum Gasteiger partial charge on any atom is 0.230 e. The van der Waals surface area contributed by atoms with E-state index in [1.54, 1.807) is 6.26 Å². The Morgan fingerprint density at radius 2 is 2.14 bits per heavy atom. The lowest BCUT2D eigenvalue weighted by molar-refractivity contribution is -0.118. The Balaban J connectivity index is 1.16. The minimum absolute atomic E-state index is 0.0492. The molecule has 1 saturated heterocycles. The molecule has 1 fully saturated rings. The van der Waals surface area contributed by atoms with Crippen LogP contribution in [0.25, 0.3) is 0 Å². The number of hydrogen-bond acceptors (Lipinski definition) is 8. The molecule has 3 atom stereocenters. The van der Waals surface area contributed by atoms with E-state index >= 15 is 0 Å². The van der Waals surface area contributed by atoms with E-state index in [1.165, 1.54) is 17.3 Å². The fourth-order valence-electron chi connectivity index (χ4n) is 3.83. The second kappa shape index (κ2) is 7.84. The second-order valence-electron chi connectivity index (χ2n) is 7.12. The molecule has 1 aromatic heterocycles. The molecular weight excluding hydrogens is 388 g/mol. The summed E-state index contributed by atoms with van der Waals surface area (Å²) >= 11 is 1.43. The Labute approximate surface area is 173 Å². The van der Waals surface area contributed by atoms with E-state index in [-0.39, 0.29) is 24.2 Å². The number of rotatable bonds is 5. The third kappa shape index (κ3) is 3.70. The van der Waals surface area contributed by atoms with Crippen molar-refractivity contribution in [2.24, 2.45) is 5.10 Å². The van der Waals surface area contributed by atoms with Gasteiger partial charge in [-0.05, 0) is 24.1 Å². The van der Waals surface area contributed by atoms with Gasteiger partial charge in [0.25, 0.3) is 0 Å². The van der Waals surface area contributed by atoms with Gasteiger partial charge >= 0.3 is 0 Å². The van der Waals surface area contributed by atoms with Gasteiger partial charge in [0.05, 0.1) is 30.6 Å². The number of carbonyl (C=O) groups excluding carboxylic acids is 1. The van der Waals surface area contributed by atoms with Crippen molar-refractivity contribution in [3.63, 3.8) is 0 Å². The molecule has 0 radical (unpaired) electrons. The maximum absolute atomic E-state index is 12.1. The first-order valence-corrected chi connectivity index (χ1v) is 10.6. The molecule has 4 heterocycles. The van der Waals surface area contributed by atoms with Gasteiger partial charge in [-0.15, -0.1) is 0 Å². The molecule has 5 rings (SSSR count). The van der Waals surface area contributed by atoms with Crippen molar-refractivity contribution in [1.82, 2.24) is 26.1 Å². The molecule has 1 amide bonds. The van der Waals surface area contributed by atoms with Gasteiger partial charge in [-0.25, -0.2) is 5.43 Å². The first kappa shape index (κ1) is 18.1. The predicted molar refractivity (Wildman–Crippen MR) is 111 cm³/mol. The number of furan rings is 1. The van der Waals surface area contributed by atoms with Crippen molar-refractivity contribution >= 4 is 22.8 Å². The zero-order valence-corrected chi connectivity index (χ0v) is 16.5. The summed E-state index contributed by atoms with van der Waals surface area (Å²) < 4.78 is 5.23. The fraction of sp³-hybridized carbons (Fsp3) is 0.300. The number of hydrazine groups is 1. The van der Waals surface area contributed by atoms with Crippen LogP contribution in [0.15, 0.2) is 70.6 Å². The number of fused-ring (bicyclic) bond motifs is 3. The van der Waals surface area contributed by atoms with Crippen molar-refractivity contribution < 1.29 is 9.21 Å². The zero-order valence-electron chi connectivity index (χ0n) is 15.7. The summed E-state index contributed by atoms with van der Waals surface area (Å²) in [4.78, 5) is 14.2. The summed E-state index contributed by atoms with van der Waals surface area (Å²) in [6, 6.07) is 14.6. The van der Waals surface area contributed by atoms with E-state index in [0.29, 0.717) is 12.3 Å². The van der Waals surface area contributed by atoms with Crippen molar-refractivity contribution in [3.8, 4) is 0 Å². The van der Waals surface area contributed by atoms with Crippen molar-refractivity contribution in [2.45, 2.75) is 31.2 Å². The molecule has 3 N–H and O–H groups in total. The number of hydrogen-bond donors (Lipinski definition) is 3. The average molecular weight is 411 g/mol. The molecule has 8 nitrogen and oxygen atoms in total. The highest BCUT2D eigenvalue weighted by atomic mass is 32.2. The van der Waals surface area contributed by atoms with Crippen molar-refractivity contribution in [2.75, 3.05) is 5.75 Å². The van der Waals surface area contributed by atoms with E-state index in [1.807, 2.05) is 30.6 Å². The number of hydrazone groups is 1. The van der Waals surface area contributed by atoms with Crippen LogP contribution >= 0.6 is 11.8 Å². The summed E-state index contributed by atoms with van der Waals surface area (Å²) in [5.74, 6) is 0.994. The first-order valence-electron chi connectivity index (χ1n) is 9.59. The van der Waals surface area contributed by atoms with Gasteiger partial charge in [-0.1, -0.05) is 42.1 Å². The number of benzene rings is 1. The van der Waals surface area contributed by atoms with Crippen molar-refractivity contribution in [3.05, 3.63) is 72.5 Å². The van der Waals surface area contributed by atoms with E-state index < -0.39 is 0 Å². The molecular formula is C20H22N6O2S. The summed E-state index contributed by atoms with van der Waals surface area (Å²) in [6.07, 6.45) is 6.68. The van der Waals surface area contributed by atoms with Crippen LogP contribution < -0.4 is 16.2 Å². The molecule has 0 aliphatic carbocycles. The number of carbonyl (C=O) groups is 1. The zero-order chi connectivity index (χ0) is 19.6.